The molecule has 6 nitrogen and oxygen atoms in total. The third kappa shape index (κ3) is 5.19. The van der Waals surface area contributed by atoms with Gasteiger partial charge < -0.3 is 15.1 Å². The zero-order chi connectivity index (χ0) is 20.3. The van der Waals surface area contributed by atoms with Crippen molar-refractivity contribution in [3.63, 3.8) is 0 Å². The number of nitrogens with one attached hydrogen (secondary N) is 1. The molecule has 0 spiro atoms. The molecule has 5 rings (SSSR count). The first-order chi connectivity index (χ1) is 14.8. The largest absolute Gasteiger partial charge is 0.356 e. The van der Waals surface area contributed by atoms with E-state index in [1.54, 1.807) is 0 Å². The van der Waals surface area contributed by atoms with E-state index in [1.807, 2.05) is 18.2 Å². The Morgan fingerprint density at radius 1 is 0.906 bits per heavy atom. The van der Waals surface area contributed by atoms with Gasteiger partial charge in [0.2, 0.25) is 5.91 Å². The number of hydrogen-bond acceptors (Lipinski definition) is 5. The highest BCUT2D eigenvalue weighted by molar-refractivity contribution is 5.85. The fourth-order valence-electron chi connectivity index (χ4n) is 5.05. The summed E-state index contributed by atoms with van der Waals surface area (Å²) < 4.78 is 0. The smallest absolute Gasteiger partial charge is 0.225 e. The van der Waals surface area contributed by atoms with E-state index in [0.29, 0.717) is 5.91 Å². The quantitative estimate of drug-likeness (QED) is 0.732. The molecule has 1 aromatic carbocycles. The molecule has 174 valence electrons. The number of halogens is 2. The first-order valence-electron chi connectivity index (χ1n) is 11.5. The Balaban J connectivity index is 0.00000144. The van der Waals surface area contributed by atoms with E-state index in [2.05, 4.69) is 27.2 Å². The Morgan fingerprint density at radius 3 is 2.47 bits per heavy atom. The fraction of sp³-hybridized carbons (Fsp3) is 0.542. The summed E-state index contributed by atoms with van der Waals surface area (Å²) in [5, 5.41) is 3.39. The molecule has 2 aromatic rings. The van der Waals surface area contributed by atoms with Gasteiger partial charge in [0.05, 0.1) is 0 Å². The van der Waals surface area contributed by atoms with Crippen molar-refractivity contribution in [3.8, 4) is 11.4 Å². The van der Waals surface area contributed by atoms with Gasteiger partial charge in [0.1, 0.15) is 5.82 Å². The molecule has 2 saturated heterocycles. The van der Waals surface area contributed by atoms with Crippen molar-refractivity contribution in [1.29, 1.82) is 0 Å². The topological polar surface area (TPSA) is 61.4 Å². The van der Waals surface area contributed by atoms with Crippen molar-refractivity contribution < 1.29 is 4.79 Å². The maximum absolute atomic E-state index is 13.0. The van der Waals surface area contributed by atoms with Gasteiger partial charge in [-0.05, 0) is 45.1 Å². The lowest BCUT2D eigenvalue weighted by Crippen LogP contribution is -2.44. The molecule has 8 heteroatoms. The maximum Gasteiger partial charge on any atom is 0.225 e. The Hall–Kier alpha value is -1.89. The molecule has 0 atom stereocenters. The van der Waals surface area contributed by atoms with Gasteiger partial charge in [0.15, 0.2) is 5.82 Å². The summed E-state index contributed by atoms with van der Waals surface area (Å²) in [5.41, 5.74) is 3.63. The molecule has 0 bridgehead atoms. The van der Waals surface area contributed by atoms with Gasteiger partial charge in [-0.1, -0.05) is 30.3 Å². The average molecular weight is 478 g/mol. The summed E-state index contributed by atoms with van der Waals surface area (Å²) in [4.78, 5) is 27.4. The van der Waals surface area contributed by atoms with Crippen LogP contribution in [0.3, 0.4) is 0 Å². The Labute approximate surface area is 203 Å². The summed E-state index contributed by atoms with van der Waals surface area (Å²) >= 11 is 0. The van der Waals surface area contributed by atoms with E-state index >= 15 is 0 Å². The van der Waals surface area contributed by atoms with Crippen LogP contribution in [-0.2, 0) is 17.6 Å². The van der Waals surface area contributed by atoms with Crippen molar-refractivity contribution in [2.24, 2.45) is 5.92 Å². The fourth-order valence-corrected chi connectivity index (χ4v) is 5.05. The number of carbonyl (C=O) groups is 1. The summed E-state index contributed by atoms with van der Waals surface area (Å²) in [7, 11) is 0. The van der Waals surface area contributed by atoms with Crippen molar-refractivity contribution in [2.75, 3.05) is 44.2 Å². The van der Waals surface area contributed by atoms with E-state index < -0.39 is 0 Å². The molecular formula is C24H33Cl2N5O. The summed E-state index contributed by atoms with van der Waals surface area (Å²) in [6, 6.07) is 10.3. The van der Waals surface area contributed by atoms with E-state index in [-0.39, 0.29) is 30.7 Å². The minimum Gasteiger partial charge on any atom is -0.356 e. The number of benzene rings is 1. The molecule has 0 radical (unpaired) electrons. The molecule has 32 heavy (non-hydrogen) atoms. The Kier molecular flexibility index (Phi) is 8.74. The van der Waals surface area contributed by atoms with Gasteiger partial charge in [-0.3, -0.25) is 4.79 Å². The number of rotatable bonds is 3. The molecule has 0 unspecified atom stereocenters. The lowest BCUT2D eigenvalue weighted by Gasteiger charge is -2.35. The second kappa shape index (κ2) is 11.3. The summed E-state index contributed by atoms with van der Waals surface area (Å²) in [6.07, 6.45) is 6.17. The number of aromatic nitrogens is 2. The van der Waals surface area contributed by atoms with Crippen LogP contribution in [0.1, 0.15) is 36.9 Å². The zero-order valence-electron chi connectivity index (χ0n) is 18.5. The number of fused-ring (bicyclic) bond motifs is 1. The number of piperidine rings is 1. The highest BCUT2D eigenvalue weighted by Crippen LogP contribution is 2.33. The van der Waals surface area contributed by atoms with Gasteiger partial charge in [0, 0.05) is 55.5 Å². The summed E-state index contributed by atoms with van der Waals surface area (Å²) in [5.74, 6) is 2.46. The molecule has 2 fully saturated rings. The predicted octanol–water partition coefficient (Wildman–Crippen LogP) is 3.51. The molecule has 2 aliphatic heterocycles. The number of hydrogen-bond donors (Lipinski definition) is 1. The highest BCUT2D eigenvalue weighted by atomic mass is 35.5. The second-order valence-corrected chi connectivity index (χ2v) is 8.71. The van der Waals surface area contributed by atoms with Gasteiger partial charge in [-0.2, -0.15) is 0 Å². The maximum atomic E-state index is 13.0. The van der Waals surface area contributed by atoms with Crippen LogP contribution in [0.5, 0.6) is 0 Å². The van der Waals surface area contributed by atoms with E-state index in [1.165, 1.54) is 11.3 Å². The van der Waals surface area contributed by atoms with Crippen LogP contribution < -0.4 is 10.2 Å². The lowest BCUT2D eigenvalue weighted by molar-refractivity contribution is -0.136. The van der Waals surface area contributed by atoms with E-state index in [0.717, 1.165) is 95.0 Å². The van der Waals surface area contributed by atoms with E-state index in [9.17, 15) is 4.79 Å². The van der Waals surface area contributed by atoms with Crippen molar-refractivity contribution in [2.45, 2.75) is 38.5 Å². The average Bonchev–Trinajstić information content (AvgIpc) is 3.12. The van der Waals surface area contributed by atoms with Crippen molar-refractivity contribution in [3.05, 3.63) is 41.6 Å². The Bertz CT molecular complexity index is 895. The van der Waals surface area contributed by atoms with Gasteiger partial charge in [-0.25, -0.2) is 9.97 Å². The summed E-state index contributed by atoms with van der Waals surface area (Å²) in [6.45, 7) is 5.48. The highest BCUT2D eigenvalue weighted by Gasteiger charge is 2.31. The van der Waals surface area contributed by atoms with Gasteiger partial charge in [0.25, 0.3) is 0 Å². The van der Waals surface area contributed by atoms with Crippen LogP contribution in [0.25, 0.3) is 11.4 Å². The second-order valence-electron chi connectivity index (χ2n) is 8.71. The predicted molar refractivity (Wildman–Crippen MR) is 133 cm³/mol. The number of nitrogens with zero attached hydrogens (tertiary/aromatic N) is 4. The lowest BCUT2D eigenvalue weighted by atomic mass is 9.94. The van der Waals surface area contributed by atoms with Gasteiger partial charge in [-0.15, -0.1) is 24.8 Å². The van der Waals surface area contributed by atoms with E-state index in [4.69, 9.17) is 9.97 Å². The molecule has 3 aliphatic rings. The van der Waals surface area contributed by atoms with Gasteiger partial charge >= 0.3 is 0 Å². The normalized spacial score (nSPS) is 18.9. The minimum absolute atomic E-state index is 0. The van der Waals surface area contributed by atoms with Crippen molar-refractivity contribution >= 4 is 36.5 Å². The Morgan fingerprint density at radius 2 is 1.69 bits per heavy atom. The van der Waals surface area contributed by atoms with Crippen LogP contribution in [0.15, 0.2) is 30.3 Å². The van der Waals surface area contributed by atoms with Crippen LogP contribution in [0.4, 0.5) is 5.82 Å². The van der Waals surface area contributed by atoms with Crippen LogP contribution in [0.2, 0.25) is 0 Å². The van der Waals surface area contributed by atoms with Crippen LogP contribution >= 0.6 is 24.8 Å². The van der Waals surface area contributed by atoms with Crippen molar-refractivity contribution in [1.82, 2.24) is 20.2 Å². The monoisotopic (exact) mass is 477 g/mol. The molecule has 1 N–H and O–H groups in total. The molecule has 3 heterocycles. The third-order valence-electron chi connectivity index (χ3n) is 6.74. The number of anilines is 1. The molecule has 1 aromatic heterocycles. The minimum atomic E-state index is 0. The standard InChI is InChI=1S/C24H31N5O.2ClH/c30-24(29-14-5-12-25-13-17-29)19-10-15-28(16-11-19)23-20-8-4-9-21(20)26-22(27-23)18-6-2-1-3-7-18;;/h1-3,6-7,19,25H,4-5,8-17H2;2*1H. The number of amides is 1. The van der Waals surface area contributed by atoms with Crippen LogP contribution in [0, 0.1) is 5.92 Å². The zero-order valence-corrected chi connectivity index (χ0v) is 20.1. The number of carbonyl (C=O) groups excluding carboxylic acids is 1. The molecule has 1 aliphatic carbocycles. The SMILES string of the molecule is Cl.Cl.O=C(C1CCN(c2nc(-c3ccccc3)nc3c2CCC3)CC1)N1CCCNCC1. The molecular weight excluding hydrogens is 445 g/mol. The van der Waals surface area contributed by atoms with Crippen LogP contribution in [-0.4, -0.2) is 60.0 Å². The number of aryl methyl sites for hydroxylation is 1. The molecule has 1 amide bonds. The molecule has 0 saturated carbocycles. The first-order valence-corrected chi connectivity index (χ1v) is 11.5. The third-order valence-corrected chi connectivity index (χ3v) is 6.74. The first kappa shape index (κ1) is 24.7.